The van der Waals surface area contributed by atoms with E-state index in [9.17, 15) is 10.2 Å². The number of ether oxygens (including phenoxy) is 1. The van der Waals surface area contributed by atoms with Crippen LogP contribution >= 0.6 is 0 Å². The summed E-state index contributed by atoms with van der Waals surface area (Å²) in [6.45, 7) is 14.3. The van der Waals surface area contributed by atoms with Crippen molar-refractivity contribution >= 4 is 18.7 Å². The molecule has 1 fully saturated rings. The second kappa shape index (κ2) is 9.85. The Balaban J connectivity index is 2.04. The van der Waals surface area contributed by atoms with Crippen molar-refractivity contribution in [3.05, 3.63) is 73.3 Å². The molecule has 0 spiro atoms. The first-order valence-corrected chi connectivity index (χ1v) is 13.8. The summed E-state index contributed by atoms with van der Waals surface area (Å²) in [7, 11) is -2.76. The molecule has 33 heavy (non-hydrogen) atoms. The van der Waals surface area contributed by atoms with Gasteiger partial charge in [-0.15, -0.1) is 6.58 Å². The van der Waals surface area contributed by atoms with Crippen LogP contribution in [0.5, 0.6) is 0 Å². The largest absolute Gasteiger partial charge is 0.405 e. The fourth-order valence-electron chi connectivity index (χ4n) is 4.96. The second-order valence-corrected chi connectivity index (χ2v) is 15.1. The van der Waals surface area contributed by atoms with Crippen LogP contribution in [-0.4, -0.2) is 48.5 Å². The van der Waals surface area contributed by atoms with E-state index in [-0.39, 0.29) is 11.6 Å². The molecule has 4 atom stereocenters. The number of rotatable bonds is 7. The Hall–Kier alpha value is -1.76. The van der Waals surface area contributed by atoms with E-state index < -0.39 is 31.7 Å². The van der Waals surface area contributed by atoms with Gasteiger partial charge in [0.1, 0.15) is 6.10 Å². The lowest BCUT2D eigenvalue weighted by Gasteiger charge is -2.45. The molecule has 0 aromatic heterocycles. The summed E-state index contributed by atoms with van der Waals surface area (Å²) in [6.07, 6.45) is 2.14. The van der Waals surface area contributed by atoms with Crippen molar-refractivity contribution < 1.29 is 19.4 Å². The highest BCUT2D eigenvalue weighted by Crippen LogP contribution is 2.39. The maximum absolute atomic E-state index is 11.3. The summed E-state index contributed by atoms with van der Waals surface area (Å²) in [5.74, 6) is 0. The van der Waals surface area contributed by atoms with Crippen LogP contribution in [0.15, 0.2) is 73.3 Å². The van der Waals surface area contributed by atoms with Gasteiger partial charge in [0.15, 0.2) is 0 Å². The fraction of sp³-hybridized carbons (Fsp3) is 0.500. The molecule has 1 aliphatic heterocycles. The number of hydrogen-bond acceptors (Lipinski definition) is 4. The van der Waals surface area contributed by atoms with Crippen LogP contribution in [-0.2, 0) is 9.16 Å². The molecule has 1 aliphatic rings. The van der Waals surface area contributed by atoms with Crippen molar-refractivity contribution in [1.82, 2.24) is 0 Å². The SMILES string of the molecule is C=CC[C@@H]1O[C@H](CO[Si](c2ccccc2)(c2ccccc2)C(C)(C)C)[C@@](C)(O)CC[C@@]1(C)O. The normalized spacial score (nSPS) is 28.8. The van der Waals surface area contributed by atoms with Crippen LogP contribution < -0.4 is 10.4 Å². The summed E-state index contributed by atoms with van der Waals surface area (Å²) < 4.78 is 13.4. The molecule has 0 amide bonds. The zero-order valence-electron chi connectivity index (χ0n) is 20.8. The molecule has 2 aromatic rings. The Morgan fingerprint density at radius 3 is 1.82 bits per heavy atom. The smallest absolute Gasteiger partial charge is 0.261 e. The lowest BCUT2D eigenvalue weighted by molar-refractivity contribution is -0.159. The highest BCUT2D eigenvalue weighted by Gasteiger charge is 2.52. The topological polar surface area (TPSA) is 58.9 Å². The van der Waals surface area contributed by atoms with Crippen molar-refractivity contribution in [3.63, 3.8) is 0 Å². The van der Waals surface area contributed by atoms with Crippen molar-refractivity contribution in [3.8, 4) is 0 Å². The van der Waals surface area contributed by atoms with Crippen LogP contribution in [0.1, 0.15) is 53.9 Å². The van der Waals surface area contributed by atoms with Gasteiger partial charge in [-0.1, -0.05) is 87.5 Å². The molecule has 0 aliphatic carbocycles. The van der Waals surface area contributed by atoms with Crippen LogP contribution in [0.2, 0.25) is 5.04 Å². The van der Waals surface area contributed by atoms with Gasteiger partial charge in [-0.3, -0.25) is 0 Å². The molecule has 5 heteroatoms. The molecule has 180 valence electrons. The summed E-state index contributed by atoms with van der Waals surface area (Å²) in [6, 6.07) is 20.9. The molecular weight excluding hydrogens is 428 g/mol. The highest BCUT2D eigenvalue weighted by molar-refractivity contribution is 6.99. The molecule has 0 bridgehead atoms. The van der Waals surface area contributed by atoms with Crippen molar-refractivity contribution in [1.29, 1.82) is 0 Å². The molecule has 1 saturated heterocycles. The van der Waals surface area contributed by atoms with Gasteiger partial charge in [-0.05, 0) is 48.5 Å². The van der Waals surface area contributed by atoms with Crippen LogP contribution in [0, 0.1) is 0 Å². The van der Waals surface area contributed by atoms with E-state index in [0.717, 1.165) is 0 Å². The van der Waals surface area contributed by atoms with Gasteiger partial charge in [-0.2, -0.15) is 0 Å². The molecule has 0 unspecified atom stereocenters. The number of benzene rings is 2. The number of hydrogen-bond donors (Lipinski definition) is 2. The highest BCUT2D eigenvalue weighted by atomic mass is 28.4. The van der Waals surface area contributed by atoms with E-state index in [2.05, 4.69) is 75.9 Å². The van der Waals surface area contributed by atoms with E-state index in [0.29, 0.717) is 19.3 Å². The van der Waals surface area contributed by atoms with E-state index in [1.165, 1.54) is 10.4 Å². The lowest BCUT2D eigenvalue weighted by atomic mass is 9.87. The molecule has 0 saturated carbocycles. The Kier molecular flexibility index (Phi) is 7.71. The molecular formula is C28H40O4Si. The van der Waals surface area contributed by atoms with Gasteiger partial charge < -0.3 is 19.4 Å². The molecule has 3 rings (SSSR count). The Labute approximate surface area is 200 Å². The molecule has 1 heterocycles. The van der Waals surface area contributed by atoms with Gasteiger partial charge >= 0.3 is 0 Å². The molecule has 4 nitrogen and oxygen atoms in total. The first-order chi connectivity index (χ1) is 15.4. The molecule has 0 radical (unpaired) electrons. The van der Waals surface area contributed by atoms with Gasteiger partial charge in [0, 0.05) is 0 Å². The van der Waals surface area contributed by atoms with Gasteiger partial charge in [0.05, 0.1) is 23.9 Å². The minimum Gasteiger partial charge on any atom is -0.405 e. The van der Waals surface area contributed by atoms with Gasteiger partial charge in [0.2, 0.25) is 0 Å². The van der Waals surface area contributed by atoms with Crippen LogP contribution in [0.25, 0.3) is 0 Å². The first-order valence-electron chi connectivity index (χ1n) is 11.9. The molecule has 2 aromatic carbocycles. The zero-order chi connectivity index (χ0) is 24.3. The third-order valence-corrected chi connectivity index (χ3v) is 12.1. The predicted molar refractivity (Wildman–Crippen MR) is 138 cm³/mol. The lowest BCUT2D eigenvalue weighted by Crippen LogP contribution is -2.67. The zero-order valence-corrected chi connectivity index (χ0v) is 21.8. The summed E-state index contributed by atoms with van der Waals surface area (Å²) in [4.78, 5) is 0. The van der Waals surface area contributed by atoms with Crippen molar-refractivity contribution in [2.75, 3.05) is 6.61 Å². The molecule has 2 N–H and O–H groups in total. The van der Waals surface area contributed by atoms with Gasteiger partial charge in [-0.25, -0.2) is 0 Å². The maximum atomic E-state index is 11.3. The first kappa shape index (κ1) is 25.9. The average Bonchev–Trinajstić information content (AvgIpc) is 2.85. The average molecular weight is 469 g/mol. The van der Waals surface area contributed by atoms with Crippen molar-refractivity contribution in [2.24, 2.45) is 0 Å². The van der Waals surface area contributed by atoms with E-state index in [1.807, 2.05) is 12.1 Å². The second-order valence-electron chi connectivity index (χ2n) is 10.8. The van der Waals surface area contributed by atoms with Crippen LogP contribution in [0.4, 0.5) is 0 Å². The standard InChI is InChI=1S/C28H40O4Si/c1-7-14-24-27(5,29)19-20-28(6,30)25(32-24)21-31-33(26(2,3)4,22-15-10-8-11-16-22)23-17-12-9-13-18-23/h7-13,15-18,24-25,29-30H,1,14,19-21H2,2-6H3/t24-,25+,27+,28-/m0/s1. The summed E-state index contributed by atoms with van der Waals surface area (Å²) >= 11 is 0. The third kappa shape index (κ3) is 5.33. The Morgan fingerprint density at radius 2 is 1.39 bits per heavy atom. The maximum Gasteiger partial charge on any atom is 0.261 e. The quantitative estimate of drug-likeness (QED) is 0.473. The van der Waals surface area contributed by atoms with E-state index in [1.54, 1.807) is 19.9 Å². The van der Waals surface area contributed by atoms with E-state index in [4.69, 9.17) is 9.16 Å². The Morgan fingerprint density at radius 1 is 0.939 bits per heavy atom. The summed E-state index contributed by atoms with van der Waals surface area (Å²) in [5, 5.41) is 24.5. The minimum atomic E-state index is -2.76. The minimum absolute atomic E-state index is 0.168. The van der Waals surface area contributed by atoms with E-state index >= 15 is 0 Å². The Bertz CT molecular complexity index is 863. The van der Waals surface area contributed by atoms with Crippen LogP contribution in [0.3, 0.4) is 0 Å². The number of aliphatic hydroxyl groups is 2. The monoisotopic (exact) mass is 468 g/mol. The third-order valence-electron chi connectivity index (χ3n) is 7.10. The van der Waals surface area contributed by atoms with Gasteiger partial charge in [0.25, 0.3) is 8.32 Å². The fourth-order valence-corrected chi connectivity index (χ4v) is 9.52. The van der Waals surface area contributed by atoms with Crippen molar-refractivity contribution in [2.45, 2.75) is 82.3 Å². The summed E-state index contributed by atoms with van der Waals surface area (Å²) in [5.41, 5.74) is -2.16. The predicted octanol–water partition coefficient (Wildman–Crippen LogP) is 4.19.